The van der Waals surface area contributed by atoms with Gasteiger partial charge in [-0.2, -0.15) is 0 Å². The van der Waals surface area contributed by atoms with Gasteiger partial charge >= 0.3 is 0 Å². The monoisotopic (exact) mass is 448 g/mol. The number of carbonyl (C=O) groups is 1. The standard InChI is InChI=1S/C23H32N2O5S/c1-5-7-18-8-12-20(13-9-18)29-17-16-24-23(26)22(6-2)30-21-14-10-19(11-15-21)25(3)31(4,27)28/h8-15,22H,5-7,16-17H2,1-4H3,(H,24,26). The topological polar surface area (TPSA) is 84.9 Å². The highest BCUT2D eigenvalue weighted by Gasteiger charge is 2.18. The lowest BCUT2D eigenvalue weighted by Crippen LogP contribution is -2.39. The maximum atomic E-state index is 12.4. The van der Waals surface area contributed by atoms with Crippen molar-refractivity contribution in [1.29, 1.82) is 0 Å². The predicted octanol–water partition coefficient (Wildman–Crippen LogP) is 3.39. The van der Waals surface area contributed by atoms with Crippen LogP contribution < -0.4 is 19.1 Å². The van der Waals surface area contributed by atoms with Crippen molar-refractivity contribution >= 4 is 21.6 Å². The fourth-order valence-electron chi connectivity index (χ4n) is 2.91. The van der Waals surface area contributed by atoms with Gasteiger partial charge in [0.15, 0.2) is 6.10 Å². The zero-order chi connectivity index (χ0) is 22.9. The molecule has 0 saturated carbocycles. The molecule has 0 saturated heterocycles. The van der Waals surface area contributed by atoms with E-state index >= 15 is 0 Å². The maximum Gasteiger partial charge on any atom is 0.261 e. The highest BCUT2D eigenvalue weighted by atomic mass is 32.2. The Balaban J connectivity index is 1.81. The minimum absolute atomic E-state index is 0.221. The number of benzene rings is 2. The molecule has 0 aliphatic carbocycles. The van der Waals surface area contributed by atoms with E-state index in [1.165, 1.54) is 16.9 Å². The molecule has 31 heavy (non-hydrogen) atoms. The van der Waals surface area contributed by atoms with Crippen LogP contribution in [0.3, 0.4) is 0 Å². The highest BCUT2D eigenvalue weighted by Crippen LogP contribution is 2.21. The van der Waals surface area contributed by atoms with E-state index in [9.17, 15) is 13.2 Å². The van der Waals surface area contributed by atoms with E-state index in [-0.39, 0.29) is 5.91 Å². The van der Waals surface area contributed by atoms with Gasteiger partial charge in [-0.15, -0.1) is 0 Å². The number of hydrogen-bond acceptors (Lipinski definition) is 5. The third kappa shape index (κ3) is 7.79. The van der Waals surface area contributed by atoms with Crippen LogP contribution in [0.2, 0.25) is 0 Å². The van der Waals surface area contributed by atoms with E-state index in [4.69, 9.17) is 9.47 Å². The van der Waals surface area contributed by atoms with Crippen molar-refractivity contribution in [2.45, 2.75) is 39.2 Å². The highest BCUT2D eigenvalue weighted by molar-refractivity contribution is 7.92. The van der Waals surface area contributed by atoms with Crippen LogP contribution in [-0.2, 0) is 21.2 Å². The minimum atomic E-state index is -3.33. The molecule has 1 atom stereocenters. The molecule has 1 unspecified atom stereocenters. The lowest BCUT2D eigenvalue weighted by molar-refractivity contribution is -0.128. The molecule has 170 valence electrons. The second-order valence-electron chi connectivity index (χ2n) is 7.27. The molecule has 0 aromatic heterocycles. The Bertz CT molecular complexity index is 927. The fraction of sp³-hybridized carbons (Fsp3) is 0.435. The van der Waals surface area contributed by atoms with Gasteiger partial charge in [0.1, 0.15) is 18.1 Å². The van der Waals surface area contributed by atoms with E-state index in [1.54, 1.807) is 24.3 Å². The lowest BCUT2D eigenvalue weighted by atomic mass is 10.1. The Morgan fingerprint density at radius 3 is 2.19 bits per heavy atom. The number of anilines is 1. The average molecular weight is 449 g/mol. The molecule has 8 heteroatoms. The Kier molecular flexibility index (Phi) is 9.18. The van der Waals surface area contributed by atoms with E-state index < -0.39 is 16.1 Å². The molecular weight excluding hydrogens is 416 g/mol. The molecule has 1 N–H and O–H groups in total. The number of nitrogens with one attached hydrogen (secondary N) is 1. The molecule has 0 spiro atoms. The van der Waals surface area contributed by atoms with Gasteiger partial charge in [-0.3, -0.25) is 9.10 Å². The van der Waals surface area contributed by atoms with Crippen molar-refractivity contribution < 1.29 is 22.7 Å². The number of carbonyl (C=O) groups excluding carboxylic acids is 1. The van der Waals surface area contributed by atoms with E-state index in [0.717, 1.165) is 24.8 Å². The molecule has 0 aliphatic rings. The molecule has 0 bridgehead atoms. The van der Waals surface area contributed by atoms with Crippen molar-refractivity contribution in [3.8, 4) is 11.5 Å². The first-order chi connectivity index (χ1) is 14.7. The fourth-order valence-corrected chi connectivity index (χ4v) is 3.42. The summed E-state index contributed by atoms with van der Waals surface area (Å²) in [6, 6.07) is 14.6. The van der Waals surface area contributed by atoms with Gasteiger partial charge in [-0.25, -0.2) is 8.42 Å². The molecule has 2 rings (SSSR count). The van der Waals surface area contributed by atoms with Crippen LogP contribution in [0.5, 0.6) is 11.5 Å². The summed E-state index contributed by atoms with van der Waals surface area (Å²) in [5, 5.41) is 2.83. The summed E-state index contributed by atoms with van der Waals surface area (Å²) in [6.45, 7) is 4.74. The van der Waals surface area contributed by atoms with Crippen molar-refractivity contribution in [2.75, 3.05) is 30.8 Å². The third-order valence-corrected chi connectivity index (χ3v) is 5.98. The Labute approximate surface area is 185 Å². The molecule has 2 aromatic rings. The predicted molar refractivity (Wildman–Crippen MR) is 123 cm³/mol. The van der Waals surface area contributed by atoms with Crippen LogP contribution in [0.15, 0.2) is 48.5 Å². The molecule has 7 nitrogen and oxygen atoms in total. The van der Waals surface area contributed by atoms with Crippen LogP contribution in [0, 0.1) is 0 Å². The third-order valence-electron chi connectivity index (χ3n) is 4.77. The molecule has 0 fully saturated rings. The minimum Gasteiger partial charge on any atom is -0.492 e. The number of amides is 1. The van der Waals surface area contributed by atoms with Gasteiger partial charge in [-0.1, -0.05) is 32.4 Å². The number of sulfonamides is 1. The van der Waals surface area contributed by atoms with Crippen LogP contribution in [-0.4, -0.2) is 46.9 Å². The van der Waals surface area contributed by atoms with Crippen LogP contribution >= 0.6 is 0 Å². The summed E-state index contributed by atoms with van der Waals surface area (Å²) in [6.07, 6.45) is 3.14. The largest absolute Gasteiger partial charge is 0.492 e. The SMILES string of the molecule is CCCc1ccc(OCCNC(=O)C(CC)Oc2ccc(N(C)S(C)(=O)=O)cc2)cc1. The summed E-state index contributed by atoms with van der Waals surface area (Å²) in [5.74, 6) is 1.05. The van der Waals surface area contributed by atoms with E-state index in [2.05, 4.69) is 24.4 Å². The summed E-state index contributed by atoms with van der Waals surface area (Å²) >= 11 is 0. The van der Waals surface area contributed by atoms with Crippen molar-refractivity contribution in [2.24, 2.45) is 0 Å². The second kappa shape index (κ2) is 11.6. The molecule has 0 radical (unpaired) electrons. The summed E-state index contributed by atoms with van der Waals surface area (Å²) in [5.41, 5.74) is 1.80. The Morgan fingerprint density at radius 2 is 1.65 bits per heavy atom. The molecular formula is C23H32N2O5S. The number of nitrogens with zero attached hydrogens (tertiary/aromatic N) is 1. The Morgan fingerprint density at radius 1 is 1.03 bits per heavy atom. The number of ether oxygens (including phenoxy) is 2. The molecule has 0 aliphatic heterocycles. The quantitative estimate of drug-likeness (QED) is 0.503. The number of aryl methyl sites for hydroxylation is 1. The number of rotatable bonds is 12. The lowest BCUT2D eigenvalue weighted by Gasteiger charge is -2.19. The summed E-state index contributed by atoms with van der Waals surface area (Å²) < 4.78 is 35.9. The Hall–Kier alpha value is -2.74. The number of hydrogen-bond donors (Lipinski definition) is 1. The first-order valence-corrected chi connectivity index (χ1v) is 12.3. The van der Waals surface area contributed by atoms with Crippen LogP contribution in [0.1, 0.15) is 32.3 Å². The summed E-state index contributed by atoms with van der Waals surface area (Å²) in [4.78, 5) is 12.4. The second-order valence-corrected chi connectivity index (χ2v) is 9.29. The molecule has 2 aromatic carbocycles. The van der Waals surface area contributed by atoms with Gasteiger partial charge in [0.05, 0.1) is 18.5 Å². The maximum absolute atomic E-state index is 12.4. The van der Waals surface area contributed by atoms with Crippen molar-refractivity contribution in [1.82, 2.24) is 5.32 Å². The van der Waals surface area contributed by atoms with E-state index in [0.29, 0.717) is 31.0 Å². The molecule has 0 heterocycles. The first kappa shape index (κ1) is 24.5. The van der Waals surface area contributed by atoms with Gasteiger partial charge in [0.2, 0.25) is 10.0 Å². The van der Waals surface area contributed by atoms with Gasteiger partial charge in [0, 0.05) is 7.05 Å². The first-order valence-electron chi connectivity index (χ1n) is 10.4. The molecule has 1 amide bonds. The van der Waals surface area contributed by atoms with Crippen LogP contribution in [0.25, 0.3) is 0 Å². The summed E-state index contributed by atoms with van der Waals surface area (Å²) in [7, 11) is -1.85. The smallest absolute Gasteiger partial charge is 0.261 e. The van der Waals surface area contributed by atoms with Gasteiger partial charge in [0.25, 0.3) is 5.91 Å². The van der Waals surface area contributed by atoms with Crippen LogP contribution in [0.4, 0.5) is 5.69 Å². The zero-order valence-corrected chi connectivity index (χ0v) is 19.4. The van der Waals surface area contributed by atoms with Crippen molar-refractivity contribution in [3.63, 3.8) is 0 Å². The van der Waals surface area contributed by atoms with E-state index in [1.807, 2.05) is 19.1 Å². The van der Waals surface area contributed by atoms with Gasteiger partial charge < -0.3 is 14.8 Å². The average Bonchev–Trinajstić information content (AvgIpc) is 2.75. The van der Waals surface area contributed by atoms with Crippen molar-refractivity contribution in [3.05, 3.63) is 54.1 Å². The van der Waals surface area contributed by atoms with Gasteiger partial charge in [-0.05, 0) is 54.8 Å². The zero-order valence-electron chi connectivity index (χ0n) is 18.6. The normalized spacial score (nSPS) is 12.1.